The van der Waals surface area contributed by atoms with Crippen LogP contribution in [0.25, 0.3) is 0 Å². The predicted molar refractivity (Wildman–Crippen MR) is 68.4 cm³/mol. The van der Waals surface area contributed by atoms with Gasteiger partial charge >= 0.3 is 0 Å². The molecule has 6 heteroatoms. The molecule has 0 aliphatic rings. The van der Waals surface area contributed by atoms with Gasteiger partial charge in [-0.3, -0.25) is 0 Å². The van der Waals surface area contributed by atoms with Gasteiger partial charge in [0.05, 0.1) is 31.4 Å². The lowest BCUT2D eigenvalue weighted by atomic mass is 10.3. The van der Waals surface area contributed by atoms with Crippen LogP contribution < -0.4 is 0 Å². The van der Waals surface area contributed by atoms with Crippen LogP contribution in [0.2, 0.25) is 0 Å². The molecule has 0 bridgehead atoms. The summed E-state index contributed by atoms with van der Waals surface area (Å²) in [7, 11) is 4.54. The molecule has 0 heterocycles. The van der Waals surface area contributed by atoms with Gasteiger partial charge in [0.1, 0.15) is 0 Å². The van der Waals surface area contributed by atoms with E-state index in [1.807, 2.05) is 0 Å². The second-order valence-electron chi connectivity index (χ2n) is 4.09. The van der Waals surface area contributed by atoms with E-state index < -0.39 is 8.32 Å². The van der Waals surface area contributed by atoms with E-state index in [9.17, 15) is 0 Å². The number of methoxy groups -OCH3 is 4. The first-order valence-electron chi connectivity index (χ1n) is 5.81. The van der Waals surface area contributed by atoms with Crippen LogP contribution in [0.4, 0.5) is 0 Å². The average molecular weight is 266 g/mol. The second kappa shape index (κ2) is 9.99. The van der Waals surface area contributed by atoms with Crippen LogP contribution >= 0.6 is 0 Å². The van der Waals surface area contributed by atoms with E-state index in [0.29, 0.717) is 25.3 Å². The van der Waals surface area contributed by atoms with Crippen LogP contribution in [-0.2, 0) is 23.4 Å². The molecule has 0 N–H and O–H groups in total. The molecule has 0 amide bonds. The van der Waals surface area contributed by atoms with Crippen molar-refractivity contribution in [2.45, 2.75) is 19.4 Å². The highest BCUT2D eigenvalue weighted by molar-refractivity contribution is 6.73. The van der Waals surface area contributed by atoms with Gasteiger partial charge in [-0.25, -0.2) is 0 Å². The third kappa shape index (κ3) is 6.49. The molecular weight excluding hydrogens is 240 g/mol. The Balaban J connectivity index is 4.59. The molecule has 0 aromatic carbocycles. The Morgan fingerprint density at radius 2 is 1.29 bits per heavy atom. The lowest BCUT2D eigenvalue weighted by Gasteiger charge is -2.33. The zero-order valence-corrected chi connectivity index (χ0v) is 12.7. The Morgan fingerprint density at radius 3 is 1.59 bits per heavy atom. The van der Waals surface area contributed by atoms with Gasteiger partial charge in [0.25, 0.3) is 8.32 Å². The van der Waals surface area contributed by atoms with Gasteiger partial charge in [-0.2, -0.15) is 0 Å². The van der Waals surface area contributed by atoms with E-state index in [4.69, 9.17) is 23.4 Å². The summed E-state index contributed by atoms with van der Waals surface area (Å²) in [4.78, 5) is 0. The van der Waals surface area contributed by atoms with Gasteiger partial charge < -0.3 is 23.4 Å². The minimum Gasteiger partial charge on any atom is -0.405 e. The monoisotopic (exact) mass is 266 g/mol. The molecule has 104 valence electrons. The maximum atomic E-state index is 6.19. The minimum atomic E-state index is -2.16. The van der Waals surface area contributed by atoms with E-state index in [0.717, 1.165) is 6.42 Å². The normalized spacial score (nSPS) is 13.9. The lowest BCUT2D eigenvalue weighted by molar-refractivity contribution is 0.0472. The lowest BCUT2D eigenvalue weighted by Crippen LogP contribution is -2.55. The molecule has 0 aliphatic carbocycles. The first-order chi connectivity index (χ1) is 8.17. The Morgan fingerprint density at radius 1 is 0.824 bits per heavy atom. The van der Waals surface area contributed by atoms with Crippen LogP contribution in [0.5, 0.6) is 0 Å². The van der Waals surface area contributed by atoms with Gasteiger partial charge in [0.15, 0.2) is 0 Å². The average Bonchev–Trinajstić information content (AvgIpc) is 2.29. The Kier molecular flexibility index (Phi) is 10.00. The maximum Gasteiger partial charge on any atom is 0.268 e. The fraction of sp³-hybridized carbons (Fsp3) is 1.00. The van der Waals surface area contributed by atoms with Gasteiger partial charge in [-0.15, -0.1) is 0 Å². The van der Waals surface area contributed by atoms with Crippen molar-refractivity contribution in [1.82, 2.24) is 0 Å². The zero-order chi connectivity index (χ0) is 13.1. The Labute approximate surface area is 105 Å². The molecule has 0 saturated carbocycles. The van der Waals surface area contributed by atoms with Crippen molar-refractivity contribution in [2.24, 2.45) is 0 Å². The molecule has 0 radical (unpaired) electrons. The first kappa shape index (κ1) is 17.0. The van der Waals surface area contributed by atoms with E-state index in [-0.39, 0.29) is 6.10 Å². The van der Waals surface area contributed by atoms with Gasteiger partial charge in [0, 0.05) is 28.4 Å². The SMILES string of the molecule is CCC(COC)O[Si](COC)(COC)COC. The highest BCUT2D eigenvalue weighted by Gasteiger charge is 2.38. The standard InChI is InChI=1S/C11H26O5Si/c1-6-11(7-12-2)16-17(8-13-3,9-14-4)10-15-5/h11H,6-10H2,1-5H3. The summed E-state index contributed by atoms with van der Waals surface area (Å²) < 4.78 is 27.2. The van der Waals surface area contributed by atoms with Crippen LogP contribution in [0, 0.1) is 0 Å². The van der Waals surface area contributed by atoms with Crippen molar-refractivity contribution in [2.75, 3.05) is 53.7 Å². The third-order valence-electron chi connectivity index (χ3n) is 2.45. The van der Waals surface area contributed by atoms with Crippen molar-refractivity contribution < 1.29 is 23.4 Å². The fourth-order valence-electron chi connectivity index (χ4n) is 1.79. The molecule has 0 rings (SSSR count). The van der Waals surface area contributed by atoms with E-state index in [1.54, 1.807) is 28.4 Å². The summed E-state index contributed by atoms with van der Waals surface area (Å²) in [6.07, 6.45) is 2.67. The summed E-state index contributed by atoms with van der Waals surface area (Å²) in [5.41, 5.74) is 0. The topological polar surface area (TPSA) is 46.2 Å². The molecule has 0 aromatic heterocycles. The highest BCUT2D eigenvalue weighted by atomic mass is 28.4. The molecule has 0 spiro atoms. The summed E-state index contributed by atoms with van der Waals surface area (Å²) in [6.45, 7) is 2.66. The fourth-order valence-corrected chi connectivity index (χ4v) is 4.77. The molecule has 0 aliphatic heterocycles. The Hall–Kier alpha value is 0.0169. The predicted octanol–water partition coefficient (Wildman–Crippen LogP) is 0.930. The van der Waals surface area contributed by atoms with Crippen molar-refractivity contribution in [1.29, 1.82) is 0 Å². The van der Waals surface area contributed by atoms with Crippen molar-refractivity contribution in [3.63, 3.8) is 0 Å². The number of hydrogen-bond acceptors (Lipinski definition) is 5. The van der Waals surface area contributed by atoms with E-state index in [2.05, 4.69) is 6.92 Å². The summed E-state index contributed by atoms with van der Waals surface area (Å²) in [5, 5.41) is 0. The zero-order valence-electron chi connectivity index (χ0n) is 11.7. The van der Waals surface area contributed by atoms with Crippen LogP contribution in [0.1, 0.15) is 13.3 Å². The smallest absolute Gasteiger partial charge is 0.268 e. The quantitative estimate of drug-likeness (QED) is 0.521. The van der Waals surface area contributed by atoms with Gasteiger partial charge in [0.2, 0.25) is 0 Å². The molecule has 0 aromatic rings. The van der Waals surface area contributed by atoms with E-state index >= 15 is 0 Å². The molecule has 0 saturated heterocycles. The highest BCUT2D eigenvalue weighted by Crippen LogP contribution is 2.13. The third-order valence-corrected chi connectivity index (χ3v) is 5.72. The van der Waals surface area contributed by atoms with Crippen LogP contribution in [0.3, 0.4) is 0 Å². The molecule has 5 nitrogen and oxygen atoms in total. The number of ether oxygens (including phenoxy) is 4. The second-order valence-corrected chi connectivity index (χ2v) is 7.55. The van der Waals surface area contributed by atoms with Crippen LogP contribution in [0.15, 0.2) is 0 Å². The van der Waals surface area contributed by atoms with Gasteiger partial charge in [-0.05, 0) is 6.42 Å². The summed E-state index contributed by atoms with van der Waals surface area (Å²) >= 11 is 0. The van der Waals surface area contributed by atoms with Crippen molar-refractivity contribution in [3.05, 3.63) is 0 Å². The first-order valence-corrected chi connectivity index (χ1v) is 8.34. The largest absolute Gasteiger partial charge is 0.405 e. The van der Waals surface area contributed by atoms with Gasteiger partial charge in [-0.1, -0.05) is 6.92 Å². The molecule has 1 unspecified atom stereocenters. The summed E-state index contributed by atoms with van der Waals surface area (Å²) in [6, 6.07) is 0. The van der Waals surface area contributed by atoms with Crippen molar-refractivity contribution in [3.8, 4) is 0 Å². The maximum absolute atomic E-state index is 6.19. The molecule has 0 fully saturated rings. The van der Waals surface area contributed by atoms with Crippen LogP contribution in [-0.4, -0.2) is 68.2 Å². The Bertz CT molecular complexity index is 162. The van der Waals surface area contributed by atoms with E-state index in [1.165, 1.54) is 0 Å². The van der Waals surface area contributed by atoms with Crippen molar-refractivity contribution >= 4 is 8.32 Å². The number of hydrogen-bond donors (Lipinski definition) is 0. The number of rotatable bonds is 11. The minimum absolute atomic E-state index is 0.0760. The summed E-state index contributed by atoms with van der Waals surface area (Å²) in [5.74, 6) is 0. The molecule has 1 atom stereocenters. The molecule has 17 heavy (non-hydrogen) atoms. The molecular formula is C11H26O5Si.